The maximum atomic E-state index is 10.7. The second-order valence-electron chi connectivity index (χ2n) is 6.12. The molecular formula is C15H27BrN4O. The Morgan fingerprint density at radius 3 is 2.67 bits per heavy atom. The molecule has 1 aromatic heterocycles. The standard InChI is InChI=1S/C15H27BrN4O/c1-5-11-15(16)12(20(4)17-11)9-14(21)13-10-18(2)7-6-8-19(13)3/h13-14,21H,5-10H2,1-4H3. The summed E-state index contributed by atoms with van der Waals surface area (Å²) in [5.41, 5.74) is 2.14. The predicted molar refractivity (Wildman–Crippen MR) is 88.5 cm³/mol. The van der Waals surface area contributed by atoms with Gasteiger partial charge in [0.2, 0.25) is 0 Å². The van der Waals surface area contributed by atoms with Crippen LogP contribution in [-0.2, 0) is 19.9 Å². The number of aromatic nitrogens is 2. The summed E-state index contributed by atoms with van der Waals surface area (Å²) in [7, 11) is 6.20. The van der Waals surface area contributed by atoms with Gasteiger partial charge in [-0.15, -0.1) is 0 Å². The lowest BCUT2D eigenvalue weighted by atomic mass is 10.0. The largest absolute Gasteiger partial charge is 0.391 e. The monoisotopic (exact) mass is 358 g/mol. The maximum absolute atomic E-state index is 10.7. The third-order valence-corrected chi connectivity index (χ3v) is 5.38. The Bertz CT molecular complexity index is 476. The van der Waals surface area contributed by atoms with Crippen LogP contribution in [0.5, 0.6) is 0 Å². The first-order chi connectivity index (χ1) is 9.93. The van der Waals surface area contributed by atoms with E-state index in [4.69, 9.17) is 0 Å². The van der Waals surface area contributed by atoms with Crippen molar-refractivity contribution in [2.24, 2.45) is 7.05 Å². The van der Waals surface area contributed by atoms with E-state index in [9.17, 15) is 5.11 Å². The van der Waals surface area contributed by atoms with Gasteiger partial charge in [0.1, 0.15) is 0 Å². The van der Waals surface area contributed by atoms with E-state index in [1.165, 1.54) is 0 Å². The molecule has 1 aliphatic rings. The fourth-order valence-corrected chi connectivity index (χ4v) is 3.88. The number of aryl methyl sites for hydroxylation is 2. The summed E-state index contributed by atoms with van der Waals surface area (Å²) in [5, 5.41) is 15.3. The Hall–Kier alpha value is -0.430. The molecule has 5 nitrogen and oxygen atoms in total. The first kappa shape index (κ1) is 16.9. The molecule has 2 atom stereocenters. The number of halogens is 1. The van der Waals surface area contributed by atoms with E-state index in [0.29, 0.717) is 6.42 Å². The Balaban J connectivity index is 2.13. The van der Waals surface area contributed by atoms with E-state index in [0.717, 1.165) is 48.3 Å². The Morgan fingerprint density at radius 2 is 2.05 bits per heavy atom. The van der Waals surface area contributed by atoms with Crippen LogP contribution < -0.4 is 0 Å². The summed E-state index contributed by atoms with van der Waals surface area (Å²) in [6, 6.07) is 0.171. The van der Waals surface area contributed by atoms with E-state index in [-0.39, 0.29) is 12.1 Å². The first-order valence-electron chi connectivity index (χ1n) is 7.71. The Morgan fingerprint density at radius 1 is 1.33 bits per heavy atom. The number of hydrogen-bond donors (Lipinski definition) is 1. The van der Waals surface area contributed by atoms with Gasteiger partial charge in [-0.1, -0.05) is 6.92 Å². The van der Waals surface area contributed by atoms with Crippen molar-refractivity contribution in [2.45, 2.75) is 38.3 Å². The molecule has 120 valence electrons. The van der Waals surface area contributed by atoms with Gasteiger partial charge in [0.05, 0.1) is 22.0 Å². The van der Waals surface area contributed by atoms with E-state index >= 15 is 0 Å². The van der Waals surface area contributed by atoms with Gasteiger partial charge in [0.25, 0.3) is 0 Å². The second-order valence-corrected chi connectivity index (χ2v) is 6.91. The lowest BCUT2D eigenvalue weighted by molar-refractivity contribution is 0.0567. The molecule has 1 aromatic rings. The molecule has 0 radical (unpaired) electrons. The molecular weight excluding hydrogens is 332 g/mol. The number of hydrogen-bond acceptors (Lipinski definition) is 4. The highest BCUT2D eigenvalue weighted by atomic mass is 79.9. The van der Waals surface area contributed by atoms with Gasteiger partial charge in [0, 0.05) is 26.1 Å². The average molecular weight is 359 g/mol. The number of rotatable bonds is 4. The van der Waals surface area contributed by atoms with Crippen LogP contribution in [-0.4, -0.2) is 70.6 Å². The van der Waals surface area contributed by atoms with Crippen LogP contribution in [0.15, 0.2) is 4.47 Å². The molecule has 1 N–H and O–H groups in total. The van der Waals surface area contributed by atoms with Gasteiger partial charge < -0.3 is 10.0 Å². The normalized spacial score (nSPS) is 23.2. The molecule has 0 aromatic carbocycles. The van der Waals surface area contributed by atoms with Gasteiger partial charge in [-0.2, -0.15) is 5.10 Å². The summed E-state index contributed by atoms with van der Waals surface area (Å²) < 4.78 is 2.95. The number of aliphatic hydroxyl groups is 1. The molecule has 2 unspecified atom stereocenters. The molecule has 21 heavy (non-hydrogen) atoms. The third kappa shape index (κ3) is 3.86. The van der Waals surface area contributed by atoms with Crippen LogP contribution >= 0.6 is 15.9 Å². The van der Waals surface area contributed by atoms with E-state index in [2.05, 4.69) is 51.8 Å². The Kier molecular flexibility index (Phi) is 5.82. The minimum atomic E-state index is -0.382. The first-order valence-corrected chi connectivity index (χ1v) is 8.50. The molecule has 0 aliphatic carbocycles. The summed E-state index contributed by atoms with van der Waals surface area (Å²) in [6.07, 6.45) is 2.31. The van der Waals surface area contributed by atoms with Crippen LogP contribution in [0, 0.1) is 0 Å². The van der Waals surface area contributed by atoms with Crippen LogP contribution in [0.1, 0.15) is 24.7 Å². The lowest BCUT2D eigenvalue weighted by Gasteiger charge is -2.31. The van der Waals surface area contributed by atoms with Gasteiger partial charge in [-0.25, -0.2) is 0 Å². The molecule has 0 bridgehead atoms. The average Bonchev–Trinajstić information content (AvgIpc) is 2.60. The van der Waals surface area contributed by atoms with Crippen LogP contribution in [0.4, 0.5) is 0 Å². The zero-order valence-electron chi connectivity index (χ0n) is 13.5. The third-order valence-electron chi connectivity index (χ3n) is 4.47. The minimum absolute atomic E-state index is 0.171. The molecule has 0 saturated carbocycles. The molecule has 1 fully saturated rings. The molecule has 6 heteroatoms. The van der Waals surface area contributed by atoms with Crippen molar-refractivity contribution >= 4 is 15.9 Å². The van der Waals surface area contributed by atoms with Crippen molar-refractivity contribution in [3.05, 3.63) is 15.9 Å². The van der Waals surface area contributed by atoms with Crippen LogP contribution in [0.25, 0.3) is 0 Å². The maximum Gasteiger partial charge on any atom is 0.0766 e. The summed E-state index contributed by atoms with van der Waals surface area (Å²) in [4.78, 5) is 4.60. The van der Waals surface area contributed by atoms with Crippen molar-refractivity contribution < 1.29 is 5.11 Å². The number of nitrogens with zero attached hydrogens (tertiary/aromatic N) is 4. The molecule has 0 spiro atoms. The van der Waals surface area contributed by atoms with Crippen molar-refractivity contribution in [1.29, 1.82) is 0 Å². The quantitative estimate of drug-likeness (QED) is 0.880. The van der Waals surface area contributed by atoms with Gasteiger partial charge in [-0.05, 0) is 56.0 Å². The fourth-order valence-electron chi connectivity index (χ4n) is 3.10. The molecule has 1 saturated heterocycles. The lowest BCUT2D eigenvalue weighted by Crippen LogP contribution is -2.47. The SMILES string of the molecule is CCc1nn(C)c(CC(O)C2CN(C)CCCN2C)c1Br. The Labute approximate surface area is 136 Å². The smallest absolute Gasteiger partial charge is 0.0766 e. The summed E-state index contributed by atoms with van der Waals surface area (Å²) in [6.45, 7) is 5.15. The van der Waals surface area contributed by atoms with Crippen molar-refractivity contribution in [3.8, 4) is 0 Å². The number of aliphatic hydroxyl groups excluding tert-OH is 1. The van der Waals surface area contributed by atoms with Gasteiger partial charge in [0.15, 0.2) is 0 Å². The minimum Gasteiger partial charge on any atom is -0.391 e. The summed E-state index contributed by atoms with van der Waals surface area (Å²) in [5.74, 6) is 0. The zero-order chi connectivity index (χ0) is 15.6. The van der Waals surface area contributed by atoms with Crippen molar-refractivity contribution in [2.75, 3.05) is 33.7 Å². The van der Waals surface area contributed by atoms with Crippen LogP contribution in [0.3, 0.4) is 0 Å². The highest BCUT2D eigenvalue weighted by Crippen LogP contribution is 2.24. The molecule has 2 heterocycles. The van der Waals surface area contributed by atoms with E-state index in [1.54, 1.807) is 0 Å². The van der Waals surface area contributed by atoms with Gasteiger partial charge in [-0.3, -0.25) is 9.58 Å². The van der Waals surface area contributed by atoms with Crippen LogP contribution in [0.2, 0.25) is 0 Å². The molecule has 0 amide bonds. The summed E-state index contributed by atoms with van der Waals surface area (Å²) >= 11 is 3.64. The number of likely N-dealkylation sites (N-methyl/N-ethyl adjacent to an activating group) is 2. The van der Waals surface area contributed by atoms with E-state index in [1.807, 2.05) is 11.7 Å². The topological polar surface area (TPSA) is 44.5 Å². The molecule has 1 aliphatic heterocycles. The fraction of sp³-hybridized carbons (Fsp3) is 0.800. The van der Waals surface area contributed by atoms with Gasteiger partial charge >= 0.3 is 0 Å². The van der Waals surface area contributed by atoms with Crippen molar-refractivity contribution in [1.82, 2.24) is 19.6 Å². The predicted octanol–water partition coefficient (Wildman–Crippen LogP) is 1.28. The van der Waals surface area contributed by atoms with Crippen molar-refractivity contribution in [3.63, 3.8) is 0 Å². The second kappa shape index (κ2) is 7.22. The zero-order valence-corrected chi connectivity index (χ0v) is 15.1. The highest BCUT2D eigenvalue weighted by Gasteiger charge is 2.29. The highest BCUT2D eigenvalue weighted by molar-refractivity contribution is 9.10. The van der Waals surface area contributed by atoms with E-state index < -0.39 is 0 Å². The molecule has 2 rings (SSSR count).